The fourth-order valence-electron chi connectivity index (χ4n) is 3.48. The molecule has 0 aliphatic heterocycles. The molecule has 0 saturated carbocycles. The van der Waals surface area contributed by atoms with Crippen molar-refractivity contribution >= 4 is 21.2 Å². The highest BCUT2D eigenvalue weighted by atomic mass is 32.2. The van der Waals surface area contributed by atoms with Crippen molar-refractivity contribution in [2.75, 3.05) is 11.6 Å². The van der Waals surface area contributed by atoms with Crippen molar-refractivity contribution in [1.29, 1.82) is 0 Å². The second kappa shape index (κ2) is 5.84. The molecule has 0 amide bonds. The Kier molecular flexibility index (Phi) is 4.07. The number of benzene rings is 2. The van der Waals surface area contributed by atoms with Crippen LogP contribution in [0.3, 0.4) is 0 Å². The average molecular weight is 360 g/mol. The van der Waals surface area contributed by atoms with E-state index in [1.54, 1.807) is 0 Å². The van der Waals surface area contributed by atoms with Crippen molar-refractivity contribution in [3.8, 4) is 0 Å². The molecular formula is C18H20N2O4S. The summed E-state index contributed by atoms with van der Waals surface area (Å²) in [5.41, 5.74) is 2.41. The number of nitrogens with one attached hydrogen (secondary N) is 1. The summed E-state index contributed by atoms with van der Waals surface area (Å²) in [6, 6.07) is 12.0. The Bertz CT molecular complexity index is 951. The van der Waals surface area contributed by atoms with Gasteiger partial charge in [-0.25, -0.2) is 8.42 Å². The first-order valence-electron chi connectivity index (χ1n) is 7.94. The summed E-state index contributed by atoms with van der Waals surface area (Å²) in [6.07, 6.45) is 1.84. The molecular weight excluding hydrogens is 340 g/mol. The van der Waals surface area contributed by atoms with E-state index in [9.17, 15) is 18.5 Å². The molecule has 2 aromatic rings. The van der Waals surface area contributed by atoms with E-state index in [1.165, 1.54) is 17.7 Å². The van der Waals surface area contributed by atoms with Gasteiger partial charge in [0, 0.05) is 12.3 Å². The van der Waals surface area contributed by atoms with E-state index in [-0.39, 0.29) is 22.0 Å². The Morgan fingerprint density at radius 1 is 1.20 bits per heavy atom. The lowest BCUT2D eigenvalue weighted by atomic mass is 9.86. The van der Waals surface area contributed by atoms with Crippen LogP contribution in [0.15, 0.2) is 47.4 Å². The number of hydrogen-bond acceptors (Lipinski definition) is 5. The van der Waals surface area contributed by atoms with Crippen LogP contribution in [0.5, 0.6) is 0 Å². The standard InChI is InChI=1S/C18H20N2O4S/c1-18(2)11-16(13-6-4-5-7-14(13)18)19-15-9-8-12(25(3,23)24)10-17(15)20(21)22/h4-10,16,19H,11H2,1-3H3. The molecule has 2 aromatic carbocycles. The second-order valence-corrected chi connectivity index (χ2v) is 9.10. The van der Waals surface area contributed by atoms with Gasteiger partial charge in [0.1, 0.15) is 5.69 Å². The number of nitro groups is 1. The molecule has 0 aromatic heterocycles. The summed E-state index contributed by atoms with van der Waals surface area (Å²) in [5, 5.41) is 14.7. The number of sulfone groups is 1. The van der Waals surface area contributed by atoms with E-state index in [1.807, 2.05) is 18.2 Å². The zero-order valence-corrected chi connectivity index (χ0v) is 15.1. The van der Waals surface area contributed by atoms with Crippen molar-refractivity contribution in [2.45, 2.75) is 36.6 Å². The van der Waals surface area contributed by atoms with E-state index in [2.05, 4.69) is 25.2 Å². The highest BCUT2D eigenvalue weighted by Gasteiger charge is 2.37. The number of nitrogens with zero attached hydrogens (tertiary/aromatic N) is 1. The van der Waals surface area contributed by atoms with E-state index < -0.39 is 14.8 Å². The van der Waals surface area contributed by atoms with Crippen LogP contribution < -0.4 is 5.32 Å². The molecule has 6 nitrogen and oxygen atoms in total. The zero-order chi connectivity index (χ0) is 18.4. The molecule has 132 valence electrons. The lowest BCUT2D eigenvalue weighted by Gasteiger charge is -2.20. The third-order valence-electron chi connectivity index (χ3n) is 4.70. The number of anilines is 1. The predicted octanol–water partition coefficient (Wildman–Crippen LogP) is 3.83. The molecule has 0 bridgehead atoms. The van der Waals surface area contributed by atoms with Crippen molar-refractivity contribution in [1.82, 2.24) is 0 Å². The Balaban J connectivity index is 2.01. The first-order valence-corrected chi connectivity index (χ1v) is 9.83. The fraction of sp³-hybridized carbons (Fsp3) is 0.333. The van der Waals surface area contributed by atoms with Crippen LogP contribution in [0.25, 0.3) is 0 Å². The largest absolute Gasteiger partial charge is 0.373 e. The van der Waals surface area contributed by atoms with Gasteiger partial charge in [0.25, 0.3) is 5.69 Å². The normalized spacial score (nSPS) is 18.6. The topological polar surface area (TPSA) is 89.3 Å². The van der Waals surface area contributed by atoms with Crippen LogP contribution in [0.2, 0.25) is 0 Å². The van der Waals surface area contributed by atoms with E-state index in [4.69, 9.17) is 0 Å². The molecule has 1 unspecified atom stereocenters. The average Bonchev–Trinajstić information content (AvgIpc) is 2.78. The third kappa shape index (κ3) is 3.24. The van der Waals surface area contributed by atoms with Crippen molar-refractivity contribution in [3.05, 3.63) is 63.7 Å². The lowest BCUT2D eigenvalue weighted by molar-refractivity contribution is -0.384. The number of nitro benzene ring substituents is 1. The zero-order valence-electron chi connectivity index (χ0n) is 14.3. The van der Waals surface area contributed by atoms with Gasteiger partial charge in [-0.15, -0.1) is 0 Å². The van der Waals surface area contributed by atoms with Crippen LogP contribution in [-0.2, 0) is 15.3 Å². The first kappa shape index (κ1) is 17.4. The number of fused-ring (bicyclic) bond motifs is 1. The number of rotatable bonds is 4. The maximum Gasteiger partial charge on any atom is 0.293 e. The molecule has 0 spiro atoms. The van der Waals surface area contributed by atoms with Gasteiger partial charge in [-0.05, 0) is 35.1 Å². The Morgan fingerprint density at radius 3 is 2.52 bits per heavy atom. The molecule has 0 heterocycles. The van der Waals surface area contributed by atoms with Gasteiger partial charge >= 0.3 is 0 Å². The monoisotopic (exact) mass is 360 g/mol. The van der Waals surface area contributed by atoms with Gasteiger partial charge in [-0.1, -0.05) is 38.1 Å². The van der Waals surface area contributed by atoms with Crippen LogP contribution >= 0.6 is 0 Å². The van der Waals surface area contributed by atoms with Crippen molar-refractivity contribution in [2.24, 2.45) is 0 Å². The van der Waals surface area contributed by atoms with Gasteiger partial charge in [-0.3, -0.25) is 10.1 Å². The maximum absolute atomic E-state index is 11.7. The predicted molar refractivity (Wildman–Crippen MR) is 96.7 cm³/mol. The summed E-state index contributed by atoms with van der Waals surface area (Å²) in [5.74, 6) is 0. The van der Waals surface area contributed by atoms with Gasteiger partial charge in [0.05, 0.1) is 15.9 Å². The smallest absolute Gasteiger partial charge is 0.293 e. The Morgan fingerprint density at radius 2 is 1.88 bits per heavy atom. The van der Waals surface area contributed by atoms with Crippen LogP contribution in [0.4, 0.5) is 11.4 Å². The van der Waals surface area contributed by atoms with Gasteiger partial charge in [0.15, 0.2) is 9.84 Å². The van der Waals surface area contributed by atoms with Crippen LogP contribution in [0.1, 0.15) is 37.4 Å². The molecule has 1 aliphatic carbocycles. The van der Waals surface area contributed by atoms with Gasteiger partial charge < -0.3 is 5.32 Å². The Labute approximate surface area is 147 Å². The maximum atomic E-state index is 11.7. The summed E-state index contributed by atoms with van der Waals surface area (Å²) in [7, 11) is -3.50. The minimum atomic E-state index is -3.50. The summed E-state index contributed by atoms with van der Waals surface area (Å²) < 4.78 is 23.3. The summed E-state index contributed by atoms with van der Waals surface area (Å²) in [6.45, 7) is 4.30. The van der Waals surface area contributed by atoms with Crippen molar-refractivity contribution < 1.29 is 13.3 Å². The van der Waals surface area contributed by atoms with E-state index in [0.717, 1.165) is 24.3 Å². The lowest BCUT2D eigenvalue weighted by Crippen LogP contribution is -2.15. The minimum absolute atomic E-state index is 0.0320. The van der Waals surface area contributed by atoms with E-state index in [0.29, 0.717) is 5.69 Å². The highest BCUT2D eigenvalue weighted by molar-refractivity contribution is 7.90. The molecule has 3 rings (SSSR count). The Hall–Kier alpha value is -2.41. The molecule has 1 atom stereocenters. The molecule has 0 radical (unpaired) electrons. The van der Waals surface area contributed by atoms with Crippen molar-refractivity contribution in [3.63, 3.8) is 0 Å². The SMILES string of the molecule is CC1(C)CC(Nc2ccc(S(C)(=O)=O)cc2[N+](=O)[O-])c2ccccc21. The fourth-order valence-corrected chi connectivity index (χ4v) is 4.12. The van der Waals surface area contributed by atoms with Crippen LogP contribution in [-0.4, -0.2) is 19.6 Å². The van der Waals surface area contributed by atoms with Gasteiger partial charge in [0.2, 0.25) is 0 Å². The number of hydrogen-bond donors (Lipinski definition) is 1. The quantitative estimate of drug-likeness (QED) is 0.661. The van der Waals surface area contributed by atoms with E-state index >= 15 is 0 Å². The minimum Gasteiger partial charge on any atom is -0.373 e. The molecule has 1 N–H and O–H groups in total. The molecule has 0 fully saturated rings. The molecule has 0 saturated heterocycles. The third-order valence-corrected chi connectivity index (χ3v) is 5.81. The molecule has 1 aliphatic rings. The highest BCUT2D eigenvalue weighted by Crippen LogP contribution is 2.46. The summed E-state index contributed by atoms with van der Waals surface area (Å²) >= 11 is 0. The van der Waals surface area contributed by atoms with Gasteiger partial charge in [-0.2, -0.15) is 0 Å². The summed E-state index contributed by atoms with van der Waals surface area (Å²) in [4.78, 5) is 10.8. The molecule has 7 heteroatoms. The van der Waals surface area contributed by atoms with Crippen LogP contribution in [0, 0.1) is 10.1 Å². The second-order valence-electron chi connectivity index (χ2n) is 7.08. The molecule has 25 heavy (non-hydrogen) atoms. The first-order chi connectivity index (χ1) is 11.6.